The first-order valence-corrected chi connectivity index (χ1v) is 4.66. The topological polar surface area (TPSA) is 43.4 Å². The fourth-order valence-corrected chi connectivity index (χ4v) is 1.17. The van der Waals surface area contributed by atoms with E-state index < -0.39 is 24.3 Å². The number of ether oxygens (including phenoxy) is 1. The van der Waals surface area contributed by atoms with Gasteiger partial charge < -0.3 is 4.74 Å². The van der Waals surface area contributed by atoms with Gasteiger partial charge in [-0.1, -0.05) is 12.1 Å². The highest BCUT2D eigenvalue weighted by Gasteiger charge is 2.37. The van der Waals surface area contributed by atoms with E-state index in [0.717, 1.165) is 0 Å². The van der Waals surface area contributed by atoms with Crippen LogP contribution in [-0.2, 0) is 16.0 Å². The van der Waals surface area contributed by atoms with Crippen LogP contribution in [0, 0.1) is 0 Å². The van der Waals surface area contributed by atoms with Gasteiger partial charge in [-0.05, 0) is 17.7 Å². The van der Waals surface area contributed by atoms with Gasteiger partial charge in [0.15, 0.2) is 0 Å². The minimum absolute atomic E-state index is 0.116. The van der Waals surface area contributed by atoms with E-state index in [1.807, 2.05) is 0 Å². The highest BCUT2D eigenvalue weighted by Crippen LogP contribution is 2.20. The average Bonchev–Trinajstić information content (AvgIpc) is 2.15. The molecule has 0 N–H and O–H groups in total. The van der Waals surface area contributed by atoms with Crippen molar-refractivity contribution in [3.05, 3.63) is 29.8 Å². The number of rotatable bonds is 3. The van der Waals surface area contributed by atoms with Gasteiger partial charge in [0.25, 0.3) is 0 Å². The minimum atomic E-state index is -4.85. The Hall–Kier alpha value is -1.85. The number of esters is 1. The lowest BCUT2D eigenvalue weighted by Crippen LogP contribution is -2.24. The van der Waals surface area contributed by atoms with Crippen LogP contribution >= 0.6 is 0 Å². The molecule has 0 bridgehead atoms. The molecule has 0 spiro atoms. The van der Waals surface area contributed by atoms with E-state index >= 15 is 0 Å². The zero-order valence-corrected chi connectivity index (χ0v) is 8.88. The lowest BCUT2D eigenvalue weighted by Gasteiger charge is -2.06. The van der Waals surface area contributed by atoms with Gasteiger partial charge in [-0.15, -0.1) is 0 Å². The van der Waals surface area contributed by atoms with Crippen LogP contribution in [0.4, 0.5) is 13.2 Å². The van der Waals surface area contributed by atoms with Crippen molar-refractivity contribution in [2.75, 3.05) is 0 Å². The number of hydrogen-bond acceptors (Lipinski definition) is 3. The molecule has 1 aromatic rings. The maximum Gasteiger partial charge on any atom is 0.450 e. The average molecular weight is 246 g/mol. The van der Waals surface area contributed by atoms with E-state index in [9.17, 15) is 22.8 Å². The van der Waals surface area contributed by atoms with Crippen molar-refractivity contribution < 1.29 is 27.5 Å². The number of carbonyl (C=O) groups excluding carboxylic acids is 2. The summed E-state index contributed by atoms with van der Waals surface area (Å²) in [5, 5.41) is 0. The Labute approximate surface area is 95.2 Å². The summed E-state index contributed by atoms with van der Waals surface area (Å²) in [5.41, 5.74) is 0.145. The first-order chi connectivity index (χ1) is 7.79. The molecule has 0 radical (unpaired) electrons. The molecule has 92 valence electrons. The summed E-state index contributed by atoms with van der Waals surface area (Å²) in [6, 6.07) is 5.42. The van der Waals surface area contributed by atoms with Crippen molar-refractivity contribution in [3.8, 4) is 5.75 Å². The molecular formula is C11H9F3O3. The molecule has 17 heavy (non-hydrogen) atoms. The number of carbonyl (C=O) groups is 2. The molecular weight excluding hydrogens is 237 g/mol. The smallest absolute Gasteiger partial charge is 0.427 e. The third kappa shape index (κ3) is 4.26. The van der Waals surface area contributed by atoms with E-state index in [2.05, 4.69) is 0 Å². The molecule has 0 saturated heterocycles. The van der Waals surface area contributed by atoms with Crippen LogP contribution in [0.5, 0.6) is 5.75 Å². The molecule has 0 aliphatic carbocycles. The van der Waals surface area contributed by atoms with Gasteiger partial charge in [0, 0.05) is 13.3 Å². The predicted molar refractivity (Wildman–Crippen MR) is 52.5 cm³/mol. The fraction of sp³-hybridized carbons (Fsp3) is 0.273. The first kappa shape index (κ1) is 13.2. The lowest BCUT2D eigenvalue weighted by atomic mass is 10.1. The molecule has 1 aromatic carbocycles. The van der Waals surface area contributed by atoms with Crippen LogP contribution in [-0.4, -0.2) is 17.9 Å². The minimum Gasteiger partial charge on any atom is -0.427 e. The second-order valence-corrected chi connectivity index (χ2v) is 3.34. The number of halogens is 3. The molecule has 0 aromatic heterocycles. The summed E-state index contributed by atoms with van der Waals surface area (Å²) < 4.78 is 40.7. The van der Waals surface area contributed by atoms with Gasteiger partial charge in [0.1, 0.15) is 5.75 Å². The summed E-state index contributed by atoms with van der Waals surface area (Å²) in [7, 11) is 0. The van der Waals surface area contributed by atoms with Crippen molar-refractivity contribution in [3.63, 3.8) is 0 Å². The summed E-state index contributed by atoms with van der Waals surface area (Å²) >= 11 is 0. The third-order valence-electron chi connectivity index (χ3n) is 1.84. The molecule has 1 rings (SSSR count). The normalized spacial score (nSPS) is 11.1. The SMILES string of the molecule is CC(=O)Oc1cccc(CC(=O)C(F)(F)F)c1. The largest absolute Gasteiger partial charge is 0.450 e. The standard InChI is InChI=1S/C11H9F3O3/c1-7(15)17-9-4-2-3-8(5-9)6-10(16)11(12,13)14/h2-5H,6H2,1H3. The Morgan fingerprint density at radius 1 is 1.29 bits per heavy atom. The maximum atomic E-state index is 12.0. The fourth-order valence-electron chi connectivity index (χ4n) is 1.17. The van der Waals surface area contributed by atoms with Crippen molar-refractivity contribution in [1.82, 2.24) is 0 Å². The molecule has 0 saturated carbocycles. The monoisotopic (exact) mass is 246 g/mol. The van der Waals surface area contributed by atoms with Crippen molar-refractivity contribution in [2.24, 2.45) is 0 Å². The Morgan fingerprint density at radius 3 is 2.47 bits per heavy atom. The zero-order valence-electron chi connectivity index (χ0n) is 8.88. The van der Waals surface area contributed by atoms with E-state index in [4.69, 9.17) is 4.74 Å². The van der Waals surface area contributed by atoms with Gasteiger partial charge in [-0.2, -0.15) is 13.2 Å². The lowest BCUT2D eigenvalue weighted by molar-refractivity contribution is -0.170. The van der Waals surface area contributed by atoms with Crippen molar-refractivity contribution >= 4 is 11.8 Å². The summed E-state index contributed by atoms with van der Waals surface area (Å²) in [5.74, 6) is -2.30. The first-order valence-electron chi connectivity index (χ1n) is 4.66. The Balaban J connectivity index is 2.79. The molecule has 0 unspecified atom stereocenters. The van der Waals surface area contributed by atoms with Crippen LogP contribution in [0.2, 0.25) is 0 Å². The Kier molecular flexibility index (Phi) is 3.88. The molecule has 0 aliphatic rings. The van der Waals surface area contributed by atoms with Crippen LogP contribution in [0.25, 0.3) is 0 Å². The molecule has 0 amide bonds. The molecule has 6 heteroatoms. The number of benzene rings is 1. The highest BCUT2D eigenvalue weighted by molar-refractivity contribution is 5.86. The second kappa shape index (κ2) is 4.99. The van der Waals surface area contributed by atoms with Gasteiger partial charge in [0.05, 0.1) is 0 Å². The quantitative estimate of drug-likeness (QED) is 0.607. The highest BCUT2D eigenvalue weighted by atomic mass is 19.4. The number of alkyl halides is 3. The predicted octanol–water partition coefficient (Wildman–Crippen LogP) is 2.29. The van der Waals surface area contributed by atoms with Gasteiger partial charge in [-0.3, -0.25) is 9.59 Å². The number of Topliss-reactive ketones (excluding diaryl/α,β-unsaturated/α-hetero) is 1. The van der Waals surface area contributed by atoms with Crippen molar-refractivity contribution in [1.29, 1.82) is 0 Å². The van der Waals surface area contributed by atoms with Crippen LogP contribution in [0.1, 0.15) is 12.5 Å². The second-order valence-electron chi connectivity index (χ2n) is 3.34. The van der Waals surface area contributed by atoms with Gasteiger partial charge in [0.2, 0.25) is 5.78 Å². The van der Waals surface area contributed by atoms with Crippen LogP contribution < -0.4 is 4.74 Å². The summed E-state index contributed by atoms with van der Waals surface area (Å²) in [6.45, 7) is 1.17. The van der Waals surface area contributed by atoms with Gasteiger partial charge in [-0.25, -0.2) is 0 Å². The summed E-state index contributed by atoms with van der Waals surface area (Å²) in [4.78, 5) is 21.4. The molecule has 0 atom stereocenters. The Morgan fingerprint density at radius 2 is 1.94 bits per heavy atom. The van der Waals surface area contributed by atoms with Crippen LogP contribution in [0.15, 0.2) is 24.3 Å². The molecule has 0 heterocycles. The zero-order chi connectivity index (χ0) is 13.1. The van der Waals surface area contributed by atoms with E-state index in [1.54, 1.807) is 0 Å². The van der Waals surface area contributed by atoms with Gasteiger partial charge >= 0.3 is 12.1 Å². The molecule has 0 fully saturated rings. The third-order valence-corrected chi connectivity index (χ3v) is 1.84. The van der Waals surface area contributed by atoms with E-state index in [1.165, 1.54) is 31.2 Å². The Bertz CT molecular complexity index is 438. The van der Waals surface area contributed by atoms with E-state index in [0.29, 0.717) is 0 Å². The van der Waals surface area contributed by atoms with Crippen LogP contribution in [0.3, 0.4) is 0 Å². The number of ketones is 1. The number of hydrogen-bond donors (Lipinski definition) is 0. The molecule has 3 nitrogen and oxygen atoms in total. The molecule has 0 aliphatic heterocycles. The van der Waals surface area contributed by atoms with Crippen molar-refractivity contribution in [2.45, 2.75) is 19.5 Å². The maximum absolute atomic E-state index is 12.0. The summed E-state index contributed by atoms with van der Waals surface area (Å²) in [6.07, 6.45) is -5.62. The van der Waals surface area contributed by atoms with E-state index in [-0.39, 0.29) is 11.3 Å².